The average molecular weight is 289 g/mol. The first kappa shape index (κ1) is 14.5. The molecule has 0 bridgehead atoms. The molecule has 0 saturated heterocycles. The van der Waals surface area contributed by atoms with Crippen molar-refractivity contribution in [2.45, 2.75) is 0 Å². The smallest absolute Gasteiger partial charge is 0.353 e. The zero-order valence-electron chi connectivity index (χ0n) is 11.9. The molecule has 1 aromatic heterocycles. The van der Waals surface area contributed by atoms with E-state index in [0.29, 0.717) is 5.75 Å². The van der Waals surface area contributed by atoms with Gasteiger partial charge in [-0.1, -0.05) is 0 Å². The molecule has 0 aliphatic rings. The van der Waals surface area contributed by atoms with E-state index in [1.165, 1.54) is 6.33 Å². The van der Waals surface area contributed by atoms with E-state index in [1.807, 2.05) is 0 Å². The molecule has 0 aliphatic heterocycles. The minimum atomic E-state index is -0.499. The fourth-order valence-corrected chi connectivity index (χ4v) is 1.89. The summed E-state index contributed by atoms with van der Waals surface area (Å²) in [6.45, 7) is 0. The lowest BCUT2D eigenvalue weighted by molar-refractivity contribution is -0.383. The van der Waals surface area contributed by atoms with Gasteiger partial charge in [-0.25, -0.2) is 9.97 Å². The van der Waals surface area contributed by atoms with Gasteiger partial charge in [-0.3, -0.25) is 10.1 Å². The van der Waals surface area contributed by atoms with Crippen LogP contribution in [0, 0.1) is 10.1 Å². The van der Waals surface area contributed by atoms with E-state index in [0.717, 1.165) is 5.69 Å². The monoisotopic (exact) mass is 289 g/mol. The summed E-state index contributed by atoms with van der Waals surface area (Å²) in [6, 6.07) is 7.14. The van der Waals surface area contributed by atoms with Crippen LogP contribution in [0.25, 0.3) is 0 Å². The summed E-state index contributed by atoms with van der Waals surface area (Å²) in [5, 5.41) is 14.0. The summed E-state index contributed by atoms with van der Waals surface area (Å²) < 4.78 is 5.09. The molecule has 0 radical (unpaired) electrons. The van der Waals surface area contributed by atoms with Crippen molar-refractivity contribution in [1.29, 1.82) is 0 Å². The van der Waals surface area contributed by atoms with E-state index >= 15 is 0 Å². The quantitative estimate of drug-likeness (QED) is 0.666. The minimum Gasteiger partial charge on any atom is -0.497 e. The highest BCUT2D eigenvalue weighted by Crippen LogP contribution is 2.34. The van der Waals surface area contributed by atoms with E-state index in [-0.39, 0.29) is 17.3 Å². The van der Waals surface area contributed by atoms with Crippen LogP contribution in [0.5, 0.6) is 5.75 Å². The Bertz CT molecular complexity index is 645. The Morgan fingerprint density at radius 3 is 2.48 bits per heavy atom. The van der Waals surface area contributed by atoms with Crippen molar-refractivity contribution in [1.82, 2.24) is 9.97 Å². The standard InChI is InChI=1S/C13H15N5O3/c1-14-12-11(18(19)20)13(16-8-15-12)17(2)9-4-6-10(21-3)7-5-9/h4-8H,1-3H3,(H,14,15,16). The molecule has 1 heterocycles. The van der Waals surface area contributed by atoms with Crippen LogP contribution in [0.4, 0.5) is 23.0 Å². The Hall–Kier alpha value is -2.90. The normalized spacial score (nSPS) is 10.0. The summed E-state index contributed by atoms with van der Waals surface area (Å²) in [6.07, 6.45) is 1.29. The number of hydrogen-bond acceptors (Lipinski definition) is 7. The second-order valence-electron chi connectivity index (χ2n) is 4.16. The van der Waals surface area contributed by atoms with E-state index in [1.54, 1.807) is 50.4 Å². The molecule has 0 unspecified atom stereocenters. The van der Waals surface area contributed by atoms with Crippen LogP contribution in [-0.2, 0) is 0 Å². The molecule has 1 aromatic carbocycles. The van der Waals surface area contributed by atoms with Crippen LogP contribution in [-0.4, -0.2) is 36.1 Å². The van der Waals surface area contributed by atoms with Gasteiger partial charge in [-0.05, 0) is 24.3 Å². The highest BCUT2D eigenvalue weighted by molar-refractivity contribution is 5.75. The van der Waals surface area contributed by atoms with E-state index in [4.69, 9.17) is 4.74 Å². The zero-order chi connectivity index (χ0) is 15.4. The topological polar surface area (TPSA) is 93.4 Å². The second-order valence-corrected chi connectivity index (χ2v) is 4.16. The molecule has 1 N–H and O–H groups in total. The molecule has 0 spiro atoms. The molecule has 0 aliphatic carbocycles. The third kappa shape index (κ3) is 2.83. The van der Waals surface area contributed by atoms with Crippen LogP contribution < -0.4 is 15.0 Å². The molecule has 0 amide bonds. The number of benzene rings is 1. The van der Waals surface area contributed by atoms with Crippen molar-refractivity contribution in [2.75, 3.05) is 31.4 Å². The van der Waals surface area contributed by atoms with Crippen LogP contribution in [0.1, 0.15) is 0 Å². The van der Waals surface area contributed by atoms with Crippen LogP contribution >= 0.6 is 0 Å². The second kappa shape index (κ2) is 6.04. The molecular weight excluding hydrogens is 274 g/mol. The molecule has 0 fully saturated rings. The maximum atomic E-state index is 11.3. The van der Waals surface area contributed by atoms with Crippen molar-refractivity contribution in [2.24, 2.45) is 0 Å². The minimum absolute atomic E-state index is 0.168. The SMILES string of the molecule is CNc1ncnc(N(C)c2ccc(OC)cc2)c1[N+](=O)[O-]. The van der Waals surface area contributed by atoms with Gasteiger partial charge in [0, 0.05) is 19.8 Å². The first-order valence-corrected chi connectivity index (χ1v) is 6.13. The molecule has 2 rings (SSSR count). The molecule has 0 atom stereocenters. The summed E-state index contributed by atoms with van der Waals surface area (Å²) in [4.78, 5) is 20.3. The summed E-state index contributed by atoms with van der Waals surface area (Å²) in [7, 11) is 4.86. The Kier molecular flexibility index (Phi) is 4.17. The number of nitrogens with zero attached hydrogens (tertiary/aromatic N) is 4. The van der Waals surface area contributed by atoms with E-state index in [2.05, 4.69) is 15.3 Å². The van der Waals surface area contributed by atoms with Crippen molar-refractivity contribution < 1.29 is 9.66 Å². The number of ether oxygens (including phenoxy) is 1. The lowest BCUT2D eigenvalue weighted by Gasteiger charge is -2.18. The summed E-state index contributed by atoms with van der Waals surface area (Å²) in [5.41, 5.74) is 0.581. The van der Waals surface area contributed by atoms with Gasteiger partial charge < -0.3 is 15.0 Å². The predicted octanol–water partition coefficient (Wildman–Crippen LogP) is 2.20. The van der Waals surface area contributed by atoms with Crippen LogP contribution in [0.2, 0.25) is 0 Å². The highest BCUT2D eigenvalue weighted by atomic mass is 16.6. The van der Waals surface area contributed by atoms with E-state index in [9.17, 15) is 10.1 Å². The molecule has 8 heteroatoms. The third-order valence-corrected chi connectivity index (χ3v) is 3.00. The fourth-order valence-electron chi connectivity index (χ4n) is 1.89. The predicted molar refractivity (Wildman–Crippen MR) is 79.3 cm³/mol. The van der Waals surface area contributed by atoms with Gasteiger partial charge in [0.05, 0.1) is 12.0 Å². The Morgan fingerprint density at radius 1 is 1.29 bits per heavy atom. The highest BCUT2D eigenvalue weighted by Gasteiger charge is 2.25. The maximum Gasteiger partial charge on any atom is 0.353 e. The first-order valence-electron chi connectivity index (χ1n) is 6.13. The van der Waals surface area contributed by atoms with Crippen molar-refractivity contribution in [3.8, 4) is 5.75 Å². The first-order chi connectivity index (χ1) is 10.1. The van der Waals surface area contributed by atoms with Crippen molar-refractivity contribution in [3.05, 3.63) is 40.7 Å². The molecule has 110 valence electrons. The number of aromatic nitrogens is 2. The van der Waals surface area contributed by atoms with Crippen LogP contribution in [0.15, 0.2) is 30.6 Å². The molecule has 2 aromatic rings. The number of anilines is 3. The lowest BCUT2D eigenvalue weighted by Crippen LogP contribution is -2.15. The average Bonchev–Trinajstić information content (AvgIpc) is 2.53. The zero-order valence-corrected chi connectivity index (χ0v) is 11.9. The summed E-state index contributed by atoms with van der Waals surface area (Å²) in [5.74, 6) is 1.09. The summed E-state index contributed by atoms with van der Waals surface area (Å²) >= 11 is 0. The van der Waals surface area contributed by atoms with Crippen molar-refractivity contribution >= 4 is 23.0 Å². The maximum absolute atomic E-state index is 11.3. The Morgan fingerprint density at radius 2 is 1.95 bits per heavy atom. The van der Waals surface area contributed by atoms with Crippen molar-refractivity contribution in [3.63, 3.8) is 0 Å². The number of hydrogen-bond donors (Lipinski definition) is 1. The number of nitro groups is 1. The molecule has 0 saturated carbocycles. The number of rotatable bonds is 5. The van der Waals surface area contributed by atoms with Crippen LogP contribution in [0.3, 0.4) is 0 Å². The van der Waals surface area contributed by atoms with Gasteiger partial charge >= 0.3 is 5.69 Å². The molecular formula is C13H15N5O3. The fraction of sp³-hybridized carbons (Fsp3) is 0.231. The largest absolute Gasteiger partial charge is 0.497 e. The number of nitrogens with one attached hydrogen (secondary N) is 1. The Balaban J connectivity index is 2.46. The van der Waals surface area contributed by atoms with Gasteiger partial charge in [0.15, 0.2) is 0 Å². The van der Waals surface area contributed by atoms with Gasteiger partial charge in [0.2, 0.25) is 11.6 Å². The number of methoxy groups -OCH3 is 1. The van der Waals surface area contributed by atoms with Gasteiger partial charge in [-0.2, -0.15) is 0 Å². The molecule has 8 nitrogen and oxygen atoms in total. The lowest BCUT2D eigenvalue weighted by atomic mass is 10.2. The third-order valence-electron chi connectivity index (χ3n) is 3.00. The van der Waals surface area contributed by atoms with Gasteiger partial charge in [-0.15, -0.1) is 0 Å². The van der Waals surface area contributed by atoms with E-state index < -0.39 is 4.92 Å². The molecule has 21 heavy (non-hydrogen) atoms. The van der Waals surface area contributed by atoms with Gasteiger partial charge in [0.1, 0.15) is 12.1 Å². The Labute approximate surface area is 121 Å². The van der Waals surface area contributed by atoms with Gasteiger partial charge in [0.25, 0.3) is 0 Å².